The first-order chi connectivity index (χ1) is 10.8. The van der Waals surface area contributed by atoms with E-state index < -0.39 is 0 Å². The molecule has 4 nitrogen and oxygen atoms in total. The summed E-state index contributed by atoms with van der Waals surface area (Å²) in [4.78, 5) is 21.3. The molecule has 0 bridgehead atoms. The standard InChI is InChI=1S/C17H13N3OS/c21-16(12-5-3-4-11-8-9-18-10-13(11)12)20-17-19-14-6-1-2-7-15(14)22-17/h1-7,10H,8-9H2,(H,19,20,21). The summed E-state index contributed by atoms with van der Waals surface area (Å²) < 4.78 is 1.06. The second kappa shape index (κ2) is 5.35. The molecule has 2 heterocycles. The second-order valence-corrected chi connectivity index (χ2v) is 6.14. The highest BCUT2D eigenvalue weighted by Crippen LogP contribution is 2.26. The van der Waals surface area contributed by atoms with Crippen LogP contribution in [0.2, 0.25) is 0 Å². The largest absolute Gasteiger partial charge is 0.298 e. The number of benzene rings is 2. The summed E-state index contributed by atoms with van der Waals surface area (Å²) in [6.07, 6.45) is 2.68. The Morgan fingerprint density at radius 1 is 1.14 bits per heavy atom. The van der Waals surface area contributed by atoms with E-state index in [2.05, 4.69) is 21.4 Å². The zero-order valence-corrected chi connectivity index (χ0v) is 12.6. The number of fused-ring (bicyclic) bond motifs is 2. The number of anilines is 1. The van der Waals surface area contributed by atoms with Crippen LogP contribution in [0.25, 0.3) is 10.2 Å². The molecule has 1 aromatic heterocycles. The Labute approximate surface area is 131 Å². The van der Waals surface area contributed by atoms with E-state index in [-0.39, 0.29) is 5.91 Å². The third-order valence-electron chi connectivity index (χ3n) is 3.69. The molecule has 1 N–H and O–H groups in total. The van der Waals surface area contributed by atoms with E-state index in [4.69, 9.17) is 0 Å². The van der Waals surface area contributed by atoms with Gasteiger partial charge in [-0.15, -0.1) is 0 Å². The van der Waals surface area contributed by atoms with Crippen molar-refractivity contribution in [2.24, 2.45) is 4.99 Å². The number of rotatable bonds is 2. The van der Waals surface area contributed by atoms with Gasteiger partial charge in [-0.25, -0.2) is 4.98 Å². The maximum absolute atomic E-state index is 12.6. The number of hydrogen-bond acceptors (Lipinski definition) is 4. The fraction of sp³-hybridized carbons (Fsp3) is 0.118. The monoisotopic (exact) mass is 307 g/mol. The van der Waals surface area contributed by atoms with Crippen LogP contribution in [0.1, 0.15) is 21.5 Å². The predicted molar refractivity (Wildman–Crippen MR) is 90.2 cm³/mol. The lowest BCUT2D eigenvalue weighted by Gasteiger charge is -2.13. The maximum atomic E-state index is 12.6. The Morgan fingerprint density at radius 3 is 2.95 bits per heavy atom. The van der Waals surface area contributed by atoms with Crippen LogP contribution >= 0.6 is 11.3 Å². The van der Waals surface area contributed by atoms with Gasteiger partial charge in [0.25, 0.3) is 5.91 Å². The van der Waals surface area contributed by atoms with Crippen LogP contribution in [0.4, 0.5) is 5.13 Å². The van der Waals surface area contributed by atoms with Crippen LogP contribution in [0.3, 0.4) is 0 Å². The fourth-order valence-electron chi connectivity index (χ4n) is 2.61. The Balaban J connectivity index is 1.67. The molecule has 2 aromatic carbocycles. The van der Waals surface area contributed by atoms with Crippen LogP contribution < -0.4 is 5.32 Å². The zero-order valence-electron chi connectivity index (χ0n) is 11.7. The number of carbonyl (C=O) groups is 1. The highest BCUT2D eigenvalue weighted by atomic mass is 32.1. The number of hydrogen-bond donors (Lipinski definition) is 1. The summed E-state index contributed by atoms with van der Waals surface area (Å²) in [6, 6.07) is 13.7. The minimum absolute atomic E-state index is 0.135. The van der Waals surface area contributed by atoms with Crippen molar-refractivity contribution in [3.8, 4) is 0 Å². The summed E-state index contributed by atoms with van der Waals surface area (Å²) in [7, 11) is 0. The molecule has 4 rings (SSSR count). The lowest BCUT2D eigenvalue weighted by Crippen LogP contribution is -2.16. The van der Waals surface area contributed by atoms with Gasteiger partial charge in [0.1, 0.15) is 0 Å². The smallest absolute Gasteiger partial charge is 0.258 e. The van der Waals surface area contributed by atoms with E-state index in [0.717, 1.165) is 28.7 Å². The zero-order chi connectivity index (χ0) is 14.9. The van der Waals surface area contributed by atoms with Gasteiger partial charge < -0.3 is 0 Å². The first kappa shape index (κ1) is 13.2. The van der Waals surface area contributed by atoms with Gasteiger partial charge in [0.05, 0.1) is 10.2 Å². The molecule has 0 radical (unpaired) electrons. The number of amides is 1. The first-order valence-corrected chi connectivity index (χ1v) is 7.91. The number of nitrogens with one attached hydrogen (secondary N) is 1. The van der Waals surface area contributed by atoms with Gasteiger partial charge >= 0.3 is 0 Å². The normalized spacial score (nSPS) is 13.1. The van der Waals surface area contributed by atoms with Gasteiger partial charge in [-0.05, 0) is 30.2 Å². The highest BCUT2D eigenvalue weighted by molar-refractivity contribution is 7.22. The molecule has 1 aliphatic heterocycles. The minimum atomic E-state index is -0.135. The van der Waals surface area contributed by atoms with Crippen LogP contribution in [0.15, 0.2) is 47.5 Å². The highest BCUT2D eigenvalue weighted by Gasteiger charge is 2.16. The molecule has 0 atom stereocenters. The van der Waals surface area contributed by atoms with E-state index in [1.54, 1.807) is 6.21 Å². The molecule has 0 spiro atoms. The summed E-state index contributed by atoms with van der Waals surface area (Å²) in [5, 5.41) is 3.53. The average molecular weight is 307 g/mol. The molecular formula is C17H13N3OS. The van der Waals surface area contributed by atoms with Gasteiger partial charge in [0.2, 0.25) is 0 Å². The number of aliphatic imine (C=N–C) groups is 1. The molecule has 22 heavy (non-hydrogen) atoms. The Hall–Kier alpha value is -2.53. The first-order valence-electron chi connectivity index (χ1n) is 7.10. The molecule has 0 saturated heterocycles. The van der Waals surface area contributed by atoms with E-state index in [1.165, 1.54) is 16.9 Å². The molecule has 5 heteroatoms. The summed E-state index contributed by atoms with van der Waals surface area (Å²) in [6.45, 7) is 0.788. The Kier molecular flexibility index (Phi) is 3.20. The van der Waals surface area contributed by atoms with Crippen molar-refractivity contribution < 1.29 is 4.79 Å². The van der Waals surface area contributed by atoms with Crippen LogP contribution in [0, 0.1) is 0 Å². The number of aromatic nitrogens is 1. The van der Waals surface area contributed by atoms with E-state index in [9.17, 15) is 4.79 Å². The van der Waals surface area contributed by atoms with Crippen LogP contribution in [-0.2, 0) is 6.42 Å². The molecule has 0 fully saturated rings. The van der Waals surface area contributed by atoms with Crippen LogP contribution in [0.5, 0.6) is 0 Å². The van der Waals surface area contributed by atoms with Crippen molar-refractivity contribution in [2.75, 3.05) is 11.9 Å². The third-order valence-corrected chi connectivity index (χ3v) is 4.64. The van der Waals surface area contributed by atoms with Crippen molar-refractivity contribution in [1.82, 2.24) is 4.98 Å². The summed E-state index contributed by atoms with van der Waals surface area (Å²) >= 11 is 1.48. The van der Waals surface area contributed by atoms with E-state index in [0.29, 0.717) is 10.7 Å². The number of thiazole rings is 1. The lowest BCUT2D eigenvalue weighted by molar-refractivity contribution is 0.102. The third kappa shape index (κ3) is 2.29. The minimum Gasteiger partial charge on any atom is -0.298 e. The van der Waals surface area contributed by atoms with Gasteiger partial charge in [-0.2, -0.15) is 0 Å². The van der Waals surface area contributed by atoms with Crippen molar-refractivity contribution >= 4 is 38.8 Å². The number of carbonyl (C=O) groups excluding carboxylic acids is 1. The van der Waals surface area contributed by atoms with Gasteiger partial charge in [-0.3, -0.25) is 15.1 Å². The molecular weight excluding hydrogens is 294 g/mol. The maximum Gasteiger partial charge on any atom is 0.258 e. The molecule has 1 aliphatic rings. The van der Waals surface area contributed by atoms with Crippen molar-refractivity contribution in [3.05, 3.63) is 59.2 Å². The quantitative estimate of drug-likeness (QED) is 0.787. The SMILES string of the molecule is O=C(Nc1nc2ccccc2s1)c1cccc2c1C=NCC2. The fourth-order valence-corrected chi connectivity index (χ4v) is 3.47. The molecule has 108 valence electrons. The van der Waals surface area contributed by atoms with Gasteiger partial charge in [0, 0.05) is 23.9 Å². The number of para-hydroxylation sites is 1. The van der Waals surface area contributed by atoms with Crippen LogP contribution in [-0.4, -0.2) is 23.7 Å². The van der Waals surface area contributed by atoms with E-state index >= 15 is 0 Å². The molecule has 3 aromatic rings. The van der Waals surface area contributed by atoms with Crippen molar-refractivity contribution in [1.29, 1.82) is 0 Å². The average Bonchev–Trinajstić information content (AvgIpc) is 2.96. The Bertz CT molecular complexity index is 865. The van der Waals surface area contributed by atoms with Gasteiger partial charge in [-0.1, -0.05) is 35.6 Å². The van der Waals surface area contributed by atoms with E-state index in [1.807, 2.05) is 36.4 Å². The second-order valence-electron chi connectivity index (χ2n) is 5.10. The predicted octanol–water partition coefficient (Wildman–Crippen LogP) is 3.52. The van der Waals surface area contributed by atoms with Gasteiger partial charge in [0.15, 0.2) is 5.13 Å². The van der Waals surface area contributed by atoms with Crippen molar-refractivity contribution in [3.63, 3.8) is 0 Å². The molecule has 0 saturated carbocycles. The molecule has 0 aliphatic carbocycles. The lowest BCUT2D eigenvalue weighted by atomic mass is 9.97. The van der Waals surface area contributed by atoms with Crippen molar-refractivity contribution in [2.45, 2.75) is 6.42 Å². The molecule has 0 unspecified atom stereocenters. The summed E-state index contributed by atoms with van der Waals surface area (Å²) in [5.74, 6) is -0.135. The number of nitrogens with zero attached hydrogens (tertiary/aromatic N) is 2. The Morgan fingerprint density at radius 2 is 2.05 bits per heavy atom. The summed E-state index contributed by atoms with van der Waals surface area (Å²) in [5.41, 5.74) is 3.65. The topological polar surface area (TPSA) is 54.4 Å². The molecule has 1 amide bonds.